The van der Waals surface area contributed by atoms with E-state index < -0.39 is 10.7 Å². The van der Waals surface area contributed by atoms with Crippen LogP contribution in [0.3, 0.4) is 0 Å². The van der Waals surface area contributed by atoms with Gasteiger partial charge < -0.3 is 9.47 Å². The first-order chi connectivity index (χ1) is 9.66. The van der Waals surface area contributed by atoms with Crippen molar-refractivity contribution in [3.8, 4) is 5.75 Å². The Morgan fingerprint density at radius 3 is 2.60 bits per heavy atom. The minimum absolute atomic E-state index is 0.150. The lowest BCUT2D eigenvalue weighted by Crippen LogP contribution is -2.05. The molecule has 0 fully saturated rings. The molecule has 0 amide bonds. The van der Waals surface area contributed by atoms with Gasteiger partial charge in [-0.05, 0) is 11.6 Å². The Morgan fingerprint density at radius 2 is 1.90 bits per heavy atom. The SMILES string of the molecule is O=[N+]([O-])c1ccc(F)cc1OCOCc1ccccc1. The van der Waals surface area contributed by atoms with Crippen molar-refractivity contribution in [1.29, 1.82) is 0 Å². The number of ether oxygens (including phenoxy) is 2. The van der Waals surface area contributed by atoms with Crippen molar-refractivity contribution >= 4 is 5.69 Å². The first-order valence-corrected chi connectivity index (χ1v) is 5.85. The Labute approximate surface area is 114 Å². The number of nitro benzene ring substituents is 1. The first-order valence-electron chi connectivity index (χ1n) is 5.85. The standard InChI is InChI=1S/C14H12FNO4/c15-12-6-7-13(16(17)18)14(8-12)20-10-19-9-11-4-2-1-3-5-11/h1-8H,9-10H2. The van der Waals surface area contributed by atoms with Crippen molar-refractivity contribution in [3.05, 3.63) is 70.0 Å². The molecule has 0 bridgehead atoms. The topological polar surface area (TPSA) is 61.6 Å². The predicted octanol–water partition coefficient (Wildman–Crippen LogP) is 3.29. The zero-order valence-corrected chi connectivity index (χ0v) is 10.5. The van der Waals surface area contributed by atoms with Crippen LogP contribution >= 0.6 is 0 Å². The maximum Gasteiger partial charge on any atom is 0.311 e. The average Bonchev–Trinajstić information content (AvgIpc) is 2.44. The summed E-state index contributed by atoms with van der Waals surface area (Å²) in [6.45, 7) is 0.114. The molecule has 104 valence electrons. The van der Waals surface area contributed by atoms with Crippen molar-refractivity contribution in [1.82, 2.24) is 0 Å². The van der Waals surface area contributed by atoms with Crippen LogP contribution in [-0.4, -0.2) is 11.7 Å². The molecule has 0 saturated carbocycles. The van der Waals surface area contributed by atoms with Crippen LogP contribution < -0.4 is 4.74 Å². The maximum atomic E-state index is 13.0. The second-order valence-electron chi connectivity index (χ2n) is 3.97. The number of hydrogen-bond donors (Lipinski definition) is 0. The Bertz CT molecular complexity index is 589. The highest BCUT2D eigenvalue weighted by atomic mass is 19.1. The molecule has 20 heavy (non-hydrogen) atoms. The van der Waals surface area contributed by atoms with E-state index in [2.05, 4.69) is 0 Å². The van der Waals surface area contributed by atoms with Crippen LogP contribution in [0.4, 0.5) is 10.1 Å². The predicted molar refractivity (Wildman–Crippen MR) is 69.8 cm³/mol. The summed E-state index contributed by atoms with van der Waals surface area (Å²) < 4.78 is 23.4. The molecule has 0 aliphatic heterocycles. The van der Waals surface area contributed by atoms with E-state index in [4.69, 9.17) is 9.47 Å². The normalized spacial score (nSPS) is 10.2. The smallest absolute Gasteiger partial charge is 0.311 e. The Morgan fingerprint density at radius 1 is 1.15 bits per heavy atom. The van der Waals surface area contributed by atoms with E-state index >= 15 is 0 Å². The third-order valence-corrected chi connectivity index (χ3v) is 2.53. The molecule has 0 spiro atoms. The van der Waals surface area contributed by atoms with Crippen molar-refractivity contribution in [2.24, 2.45) is 0 Å². The summed E-state index contributed by atoms with van der Waals surface area (Å²) in [5, 5.41) is 10.7. The van der Waals surface area contributed by atoms with Crippen molar-refractivity contribution < 1.29 is 18.8 Å². The van der Waals surface area contributed by atoms with E-state index in [9.17, 15) is 14.5 Å². The Balaban J connectivity index is 1.91. The zero-order chi connectivity index (χ0) is 14.4. The maximum absolute atomic E-state index is 13.0. The molecule has 0 atom stereocenters. The highest BCUT2D eigenvalue weighted by Crippen LogP contribution is 2.27. The molecule has 0 aromatic heterocycles. The van der Waals surface area contributed by atoms with Gasteiger partial charge in [-0.2, -0.15) is 0 Å². The van der Waals surface area contributed by atoms with Gasteiger partial charge in [-0.15, -0.1) is 0 Å². The first kappa shape index (κ1) is 14.0. The molecule has 0 saturated heterocycles. The highest BCUT2D eigenvalue weighted by Gasteiger charge is 2.15. The Kier molecular flexibility index (Phi) is 4.62. The minimum Gasteiger partial charge on any atom is -0.460 e. The molecular formula is C14H12FNO4. The summed E-state index contributed by atoms with van der Waals surface area (Å²) in [6, 6.07) is 12.4. The number of nitro groups is 1. The fourth-order valence-corrected chi connectivity index (χ4v) is 1.59. The van der Waals surface area contributed by atoms with Gasteiger partial charge >= 0.3 is 5.69 Å². The molecular weight excluding hydrogens is 265 g/mol. The van der Waals surface area contributed by atoms with Crippen molar-refractivity contribution in [2.75, 3.05) is 6.79 Å². The summed E-state index contributed by atoms with van der Waals surface area (Å²) >= 11 is 0. The molecule has 0 aliphatic rings. The lowest BCUT2D eigenvalue weighted by atomic mass is 10.2. The van der Waals surface area contributed by atoms with Crippen LogP contribution in [0, 0.1) is 15.9 Å². The van der Waals surface area contributed by atoms with Crippen molar-refractivity contribution in [3.63, 3.8) is 0 Å². The fourth-order valence-electron chi connectivity index (χ4n) is 1.59. The molecule has 0 N–H and O–H groups in total. The van der Waals surface area contributed by atoms with Gasteiger partial charge in [-0.3, -0.25) is 10.1 Å². The van der Waals surface area contributed by atoms with E-state index in [-0.39, 0.29) is 18.2 Å². The molecule has 0 unspecified atom stereocenters. The number of benzene rings is 2. The number of nitrogens with zero attached hydrogens (tertiary/aromatic N) is 1. The van der Waals surface area contributed by atoms with E-state index in [0.717, 1.165) is 23.8 Å². The van der Waals surface area contributed by atoms with E-state index in [1.54, 1.807) is 0 Å². The van der Waals surface area contributed by atoms with Crippen LogP contribution in [0.25, 0.3) is 0 Å². The summed E-state index contributed by atoms with van der Waals surface area (Å²) in [4.78, 5) is 10.1. The van der Waals surface area contributed by atoms with Crippen LogP contribution in [-0.2, 0) is 11.3 Å². The van der Waals surface area contributed by atoms with Crippen LogP contribution in [0.2, 0.25) is 0 Å². The molecule has 2 aromatic rings. The molecule has 0 radical (unpaired) electrons. The average molecular weight is 277 g/mol. The van der Waals surface area contributed by atoms with Gasteiger partial charge in [0.15, 0.2) is 6.79 Å². The molecule has 6 heteroatoms. The van der Waals surface area contributed by atoms with Crippen LogP contribution in [0.1, 0.15) is 5.56 Å². The Hall–Kier alpha value is -2.47. The van der Waals surface area contributed by atoms with Gasteiger partial charge in [0.1, 0.15) is 5.82 Å². The molecule has 0 aliphatic carbocycles. The highest BCUT2D eigenvalue weighted by molar-refractivity contribution is 5.46. The third-order valence-electron chi connectivity index (χ3n) is 2.53. The van der Waals surface area contributed by atoms with E-state index in [0.29, 0.717) is 6.61 Å². The monoisotopic (exact) mass is 277 g/mol. The van der Waals surface area contributed by atoms with Gasteiger partial charge in [-0.25, -0.2) is 4.39 Å². The van der Waals surface area contributed by atoms with Crippen LogP contribution in [0.15, 0.2) is 48.5 Å². The summed E-state index contributed by atoms with van der Waals surface area (Å²) in [6.07, 6.45) is 0. The van der Waals surface area contributed by atoms with E-state index in [1.165, 1.54) is 0 Å². The van der Waals surface area contributed by atoms with Crippen LogP contribution in [0.5, 0.6) is 5.75 Å². The lowest BCUT2D eigenvalue weighted by molar-refractivity contribution is -0.386. The van der Waals surface area contributed by atoms with Gasteiger partial charge in [0.2, 0.25) is 5.75 Å². The largest absolute Gasteiger partial charge is 0.460 e. The molecule has 0 heterocycles. The number of halogens is 1. The lowest BCUT2D eigenvalue weighted by Gasteiger charge is -2.07. The second-order valence-corrected chi connectivity index (χ2v) is 3.97. The molecule has 2 aromatic carbocycles. The van der Waals surface area contributed by atoms with Gasteiger partial charge in [0.05, 0.1) is 11.5 Å². The minimum atomic E-state index is -0.633. The zero-order valence-electron chi connectivity index (χ0n) is 10.5. The quantitative estimate of drug-likeness (QED) is 0.352. The van der Waals surface area contributed by atoms with Crippen molar-refractivity contribution in [2.45, 2.75) is 6.61 Å². The summed E-state index contributed by atoms with van der Waals surface area (Å²) in [7, 11) is 0. The molecule has 2 rings (SSSR count). The third kappa shape index (κ3) is 3.76. The number of hydrogen-bond acceptors (Lipinski definition) is 4. The number of rotatable bonds is 6. The summed E-state index contributed by atoms with van der Waals surface area (Å²) in [5.74, 6) is -0.753. The van der Waals surface area contributed by atoms with Gasteiger partial charge in [0.25, 0.3) is 0 Å². The fraction of sp³-hybridized carbons (Fsp3) is 0.143. The summed E-state index contributed by atoms with van der Waals surface area (Å²) in [5.41, 5.74) is 0.652. The second kappa shape index (κ2) is 6.63. The molecule has 5 nitrogen and oxygen atoms in total. The van der Waals surface area contributed by atoms with Gasteiger partial charge in [-0.1, -0.05) is 30.3 Å². The van der Waals surface area contributed by atoms with Gasteiger partial charge in [0, 0.05) is 12.1 Å². The van der Waals surface area contributed by atoms with E-state index in [1.807, 2.05) is 30.3 Å².